The quantitative estimate of drug-likeness (QED) is 0.555. The van der Waals surface area contributed by atoms with E-state index in [1.165, 1.54) is 25.7 Å². The van der Waals surface area contributed by atoms with Crippen molar-refractivity contribution in [2.75, 3.05) is 0 Å². The van der Waals surface area contributed by atoms with Crippen molar-refractivity contribution in [1.82, 2.24) is 0 Å². The van der Waals surface area contributed by atoms with Gasteiger partial charge in [0.1, 0.15) is 0 Å². The van der Waals surface area contributed by atoms with E-state index in [1.807, 2.05) is 13.8 Å². The summed E-state index contributed by atoms with van der Waals surface area (Å²) in [7, 11) is 0. The van der Waals surface area contributed by atoms with Crippen LogP contribution in [0.15, 0.2) is 0 Å². The molecule has 1 fully saturated rings. The molecule has 0 aromatic heterocycles. The predicted octanol–water partition coefficient (Wildman–Crippen LogP) is 3.87. The van der Waals surface area contributed by atoms with Gasteiger partial charge in [0, 0.05) is 32.7 Å². The van der Waals surface area contributed by atoms with Crippen LogP contribution >= 0.6 is 0 Å². The third-order valence-corrected chi connectivity index (χ3v) is 1.47. The molecule has 0 atom stereocenters. The molecular weight excluding hydrogens is 209 g/mol. The molecule has 0 saturated heterocycles. The molecule has 0 spiro atoms. The number of rotatable bonds is 0. The molecule has 0 amide bonds. The van der Waals surface area contributed by atoms with Crippen molar-refractivity contribution in [1.29, 1.82) is 0 Å². The normalized spacial score (nSPS) is 15.0. The Balaban J connectivity index is -0.000000114. The monoisotopic (exact) mass is 231 g/mol. The summed E-state index contributed by atoms with van der Waals surface area (Å²) < 4.78 is 0. The molecule has 0 N–H and O–H groups in total. The molecule has 1 rings (SSSR count). The van der Waals surface area contributed by atoms with Crippen molar-refractivity contribution in [3.63, 3.8) is 0 Å². The van der Waals surface area contributed by atoms with Crippen LogP contribution in [-0.4, -0.2) is 0 Å². The molecule has 1 radical (unpaired) electrons. The van der Waals surface area contributed by atoms with Crippen LogP contribution in [-0.2, 0) is 32.7 Å². The third kappa shape index (κ3) is 14.0. The molecule has 0 heterocycles. The molecule has 0 aromatic rings. The fourth-order valence-corrected chi connectivity index (χ4v) is 1.01. The van der Waals surface area contributed by atoms with Crippen molar-refractivity contribution in [2.45, 2.75) is 46.5 Å². The fourth-order valence-electron chi connectivity index (χ4n) is 1.01. The molecule has 0 aliphatic heterocycles. The first kappa shape index (κ1) is 18.0. The standard InChI is InChI=1S/C6H11.C2H6.C2H5.Y/c1-6-4-2-3-5-6;2*1-2;/h6H,1-5H2;1-2H3;1H2,2H3;/q-1;;-1;. The van der Waals surface area contributed by atoms with Crippen LogP contribution in [0, 0.1) is 19.8 Å². The Morgan fingerprint density at radius 1 is 1.00 bits per heavy atom. The largest absolute Gasteiger partial charge is 0.346 e. The first-order valence-corrected chi connectivity index (χ1v) is 4.43. The van der Waals surface area contributed by atoms with Gasteiger partial charge in [0.05, 0.1) is 0 Å². The van der Waals surface area contributed by atoms with Crippen LogP contribution < -0.4 is 0 Å². The van der Waals surface area contributed by atoms with E-state index in [0.717, 1.165) is 5.92 Å². The van der Waals surface area contributed by atoms with Gasteiger partial charge in [0.25, 0.3) is 0 Å². The van der Waals surface area contributed by atoms with E-state index in [1.54, 1.807) is 6.92 Å². The molecule has 1 aliphatic rings. The minimum Gasteiger partial charge on any atom is -0.346 e. The Morgan fingerprint density at radius 3 is 1.36 bits per heavy atom. The summed E-state index contributed by atoms with van der Waals surface area (Å²) in [5, 5.41) is 0. The molecule has 0 nitrogen and oxygen atoms in total. The summed E-state index contributed by atoms with van der Waals surface area (Å²) in [5.41, 5.74) is 0. The van der Waals surface area contributed by atoms with Gasteiger partial charge in [-0.1, -0.05) is 39.5 Å². The smallest absolute Gasteiger partial charge is 0 e. The zero-order chi connectivity index (χ0) is 8.41. The van der Waals surface area contributed by atoms with Gasteiger partial charge in [0.2, 0.25) is 0 Å². The second-order valence-electron chi connectivity index (χ2n) is 2.15. The fraction of sp³-hybridized carbons (Fsp3) is 0.800. The summed E-state index contributed by atoms with van der Waals surface area (Å²) in [6.07, 6.45) is 5.60. The topological polar surface area (TPSA) is 0 Å². The molecule has 11 heavy (non-hydrogen) atoms. The maximum atomic E-state index is 3.94. The molecule has 0 aromatic carbocycles. The van der Waals surface area contributed by atoms with E-state index in [-0.39, 0.29) is 32.7 Å². The SMILES string of the molecule is CC.[CH2-]C.[CH2-]C1CCCC1.[Y]. The van der Waals surface area contributed by atoms with Gasteiger partial charge in [0.15, 0.2) is 0 Å². The van der Waals surface area contributed by atoms with Crippen LogP contribution in [0.4, 0.5) is 0 Å². The minimum atomic E-state index is 0. The van der Waals surface area contributed by atoms with Crippen molar-refractivity contribution in [3.8, 4) is 0 Å². The summed E-state index contributed by atoms with van der Waals surface area (Å²) >= 11 is 0. The van der Waals surface area contributed by atoms with Crippen LogP contribution in [0.1, 0.15) is 46.5 Å². The average molecular weight is 231 g/mol. The Bertz CT molecular complexity index is 38.1. The summed E-state index contributed by atoms with van der Waals surface area (Å²) in [6.45, 7) is 12.9. The van der Waals surface area contributed by atoms with Crippen LogP contribution in [0.2, 0.25) is 0 Å². The average Bonchev–Trinajstić information content (AvgIpc) is 2.48. The Kier molecular flexibility index (Phi) is 28.3. The zero-order valence-electron chi connectivity index (χ0n) is 8.40. The maximum absolute atomic E-state index is 3.94. The van der Waals surface area contributed by atoms with E-state index in [4.69, 9.17) is 0 Å². The maximum Gasteiger partial charge on any atom is 0 e. The van der Waals surface area contributed by atoms with Crippen LogP contribution in [0.3, 0.4) is 0 Å². The van der Waals surface area contributed by atoms with Crippen molar-refractivity contribution in [2.24, 2.45) is 5.92 Å². The minimum absolute atomic E-state index is 0. The molecule has 1 saturated carbocycles. The number of hydrogen-bond acceptors (Lipinski definition) is 0. The van der Waals surface area contributed by atoms with E-state index in [9.17, 15) is 0 Å². The van der Waals surface area contributed by atoms with Gasteiger partial charge in [-0.2, -0.15) is 12.8 Å². The first-order valence-electron chi connectivity index (χ1n) is 4.43. The van der Waals surface area contributed by atoms with E-state index in [2.05, 4.69) is 13.8 Å². The Labute approximate surface area is 98.4 Å². The molecule has 1 heteroatoms. The van der Waals surface area contributed by atoms with Gasteiger partial charge in [-0.25, -0.2) is 0 Å². The first-order chi connectivity index (χ1) is 4.89. The summed E-state index contributed by atoms with van der Waals surface area (Å²) in [4.78, 5) is 0. The predicted molar refractivity (Wildman–Crippen MR) is 49.7 cm³/mol. The van der Waals surface area contributed by atoms with Crippen molar-refractivity contribution in [3.05, 3.63) is 13.8 Å². The second-order valence-corrected chi connectivity index (χ2v) is 2.15. The van der Waals surface area contributed by atoms with E-state index < -0.39 is 0 Å². The Hall–Kier alpha value is 1.10. The van der Waals surface area contributed by atoms with Crippen molar-refractivity contribution >= 4 is 0 Å². The number of hydrogen-bond donors (Lipinski definition) is 0. The molecule has 0 unspecified atom stereocenters. The van der Waals surface area contributed by atoms with Gasteiger partial charge >= 0.3 is 0 Å². The van der Waals surface area contributed by atoms with E-state index in [0.29, 0.717) is 0 Å². The summed E-state index contributed by atoms with van der Waals surface area (Å²) in [5.74, 6) is 0.796. The second kappa shape index (κ2) is 17.3. The molecule has 1 aliphatic carbocycles. The molecule has 67 valence electrons. The van der Waals surface area contributed by atoms with Gasteiger partial charge < -0.3 is 13.8 Å². The van der Waals surface area contributed by atoms with Gasteiger partial charge in [-0.05, 0) is 0 Å². The molecular formula is C10H22Y-2. The summed E-state index contributed by atoms with van der Waals surface area (Å²) in [6, 6.07) is 0. The molecule has 0 bridgehead atoms. The van der Waals surface area contributed by atoms with Gasteiger partial charge in [-0.3, -0.25) is 0 Å². The third-order valence-electron chi connectivity index (χ3n) is 1.47. The zero-order valence-corrected chi connectivity index (χ0v) is 11.2. The van der Waals surface area contributed by atoms with Gasteiger partial charge in [-0.15, -0.1) is 0 Å². The van der Waals surface area contributed by atoms with Crippen molar-refractivity contribution < 1.29 is 32.7 Å². The van der Waals surface area contributed by atoms with E-state index >= 15 is 0 Å². The Morgan fingerprint density at radius 2 is 1.27 bits per heavy atom. The van der Waals surface area contributed by atoms with Crippen LogP contribution in [0.25, 0.3) is 0 Å². The van der Waals surface area contributed by atoms with Crippen LogP contribution in [0.5, 0.6) is 0 Å².